The van der Waals surface area contributed by atoms with Gasteiger partial charge in [0.15, 0.2) is 5.13 Å². The van der Waals surface area contributed by atoms with Crippen molar-refractivity contribution in [1.82, 2.24) is 10.3 Å². The number of hydrogen-bond donors (Lipinski definition) is 1. The Hall–Kier alpha value is -0.610. The molecule has 3 nitrogen and oxygen atoms in total. The lowest BCUT2D eigenvalue weighted by atomic mass is 9.80. The van der Waals surface area contributed by atoms with Gasteiger partial charge in [-0.05, 0) is 30.2 Å². The van der Waals surface area contributed by atoms with Crippen molar-refractivity contribution in [3.63, 3.8) is 0 Å². The van der Waals surface area contributed by atoms with E-state index in [9.17, 15) is 0 Å². The third kappa shape index (κ3) is 4.19. The summed E-state index contributed by atoms with van der Waals surface area (Å²) in [6.45, 7) is 15.8. The Morgan fingerprint density at radius 1 is 1.45 bits per heavy atom. The minimum absolute atomic E-state index is 0.410. The first-order valence-corrected chi connectivity index (χ1v) is 8.64. The molecule has 0 saturated carbocycles. The van der Waals surface area contributed by atoms with Crippen molar-refractivity contribution in [1.29, 1.82) is 0 Å². The van der Waals surface area contributed by atoms with Gasteiger partial charge in [-0.2, -0.15) is 0 Å². The topological polar surface area (TPSA) is 28.2 Å². The van der Waals surface area contributed by atoms with E-state index in [0.29, 0.717) is 11.3 Å². The Bertz CT molecular complexity index is 420. The van der Waals surface area contributed by atoms with Crippen LogP contribution < -0.4 is 10.2 Å². The first kappa shape index (κ1) is 15.8. The maximum absolute atomic E-state index is 4.79. The van der Waals surface area contributed by atoms with Crippen molar-refractivity contribution in [2.24, 2.45) is 17.3 Å². The molecule has 0 amide bonds. The van der Waals surface area contributed by atoms with Gasteiger partial charge in [0.25, 0.3) is 0 Å². The largest absolute Gasteiger partial charge is 0.348 e. The molecule has 0 radical (unpaired) electrons. The van der Waals surface area contributed by atoms with Gasteiger partial charge < -0.3 is 10.2 Å². The molecule has 1 fully saturated rings. The molecule has 20 heavy (non-hydrogen) atoms. The molecule has 1 aromatic rings. The van der Waals surface area contributed by atoms with E-state index >= 15 is 0 Å². The van der Waals surface area contributed by atoms with Gasteiger partial charge in [-0.3, -0.25) is 0 Å². The lowest BCUT2D eigenvalue weighted by molar-refractivity contribution is 0.263. The predicted octanol–water partition coefficient (Wildman–Crippen LogP) is 3.76. The second-order valence-electron chi connectivity index (χ2n) is 7.44. The van der Waals surface area contributed by atoms with Crippen molar-refractivity contribution < 1.29 is 0 Å². The Morgan fingerprint density at radius 2 is 2.20 bits per heavy atom. The summed E-state index contributed by atoms with van der Waals surface area (Å²) in [7, 11) is 0. The predicted molar refractivity (Wildman–Crippen MR) is 88.4 cm³/mol. The zero-order valence-corrected chi connectivity index (χ0v) is 14.4. The molecular formula is C16H29N3S. The summed E-state index contributed by atoms with van der Waals surface area (Å²) < 4.78 is 0. The number of hydrogen-bond acceptors (Lipinski definition) is 4. The van der Waals surface area contributed by atoms with E-state index in [1.165, 1.54) is 17.2 Å². The smallest absolute Gasteiger partial charge is 0.185 e. The summed E-state index contributed by atoms with van der Waals surface area (Å²) in [6, 6.07) is 0. The van der Waals surface area contributed by atoms with Crippen LogP contribution in [0.1, 0.15) is 46.7 Å². The average molecular weight is 295 g/mol. The Labute approximate surface area is 127 Å². The Morgan fingerprint density at radius 3 is 2.80 bits per heavy atom. The van der Waals surface area contributed by atoms with Crippen molar-refractivity contribution in [2.45, 2.75) is 47.6 Å². The van der Waals surface area contributed by atoms with Crippen molar-refractivity contribution >= 4 is 16.5 Å². The Kier molecular flexibility index (Phi) is 5.08. The normalized spacial score (nSPS) is 20.1. The van der Waals surface area contributed by atoms with Crippen LogP contribution in [0.15, 0.2) is 5.38 Å². The van der Waals surface area contributed by atoms with E-state index in [1.54, 1.807) is 11.3 Å². The minimum atomic E-state index is 0.410. The van der Waals surface area contributed by atoms with Crippen LogP contribution in [0.2, 0.25) is 0 Å². The van der Waals surface area contributed by atoms with E-state index in [4.69, 9.17) is 4.98 Å². The number of nitrogens with zero attached hydrogens (tertiary/aromatic N) is 2. The zero-order valence-electron chi connectivity index (χ0n) is 13.6. The molecule has 0 spiro atoms. The molecule has 114 valence electrons. The van der Waals surface area contributed by atoms with E-state index in [0.717, 1.165) is 32.1 Å². The van der Waals surface area contributed by atoms with Crippen LogP contribution >= 0.6 is 11.3 Å². The van der Waals surface area contributed by atoms with Gasteiger partial charge in [0, 0.05) is 25.0 Å². The average Bonchev–Trinajstić information content (AvgIpc) is 2.94. The minimum Gasteiger partial charge on any atom is -0.348 e. The summed E-state index contributed by atoms with van der Waals surface area (Å²) in [4.78, 5) is 7.25. The van der Waals surface area contributed by atoms with Gasteiger partial charge in [0.2, 0.25) is 0 Å². The molecule has 1 aliphatic heterocycles. The molecule has 2 rings (SSSR count). The highest BCUT2D eigenvalue weighted by molar-refractivity contribution is 7.13. The highest BCUT2D eigenvalue weighted by atomic mass is 32.1. The van der Waals surface area contributed by atoms with Crippen LogP contribution in [0, 0.1) is 17.3 Å². The highest BCUT2D eigenvalue weighted by Gasteiger charge is 2.32. The second kappa shape index (κ2) is 6.44. The molecule has 1 unspecified atom stereocenters. The van der Waals surface area contributed by atoms with Crippen LogP contribution in [-0.2, 0) is 6.54 Å². The Balaban J connectivity index is 1.87. The number of rotatable bonds is 5. The van der Waals surface area contributed by atoms with Gasteiger partial charge in [0.05, 0.1) is 5.69 Å². The lowest BCUT2D eigenvalue weighted by Gasteiger charge is -2.26. The molecule has 0 aliphatic carbocycles. The number of thiazole rings is 1. The number of nitrogens with one attached hydrogen (secondary N) is 1. The van der Waals surface area contributed by atoms with Crippen LogP contribution in [-0.4, -0.2) is 24.6 Å². The summed E-state index contributed by atoms with van der Waals surface area (Å²) in [5.41, 5.74) is 1.60. The van der Waals surface area contributed by atoms with Crippen LogP contribution in [0.4, 0.5) is 5.13 Å². The monoisotopic (exact) mass is 295 g/mol. The SMILES string of the molecule is CC(C)CNCc1csc(N2CCC(C(C)(C)C)C2)n1. The maximum atomic E-state index is 4.79. The van der Waals surface area contributed by atoms with E-state index in [-0.39, 0.29) is 0 Å². The number of aromatic nitrogens is 1. The summed E-state index contributed by atoms with van der Waals surface area (Å²) in [5.74, 6) is 1.48. The standard InChI is InChI=1S/C16H29N3S/c1-12(2)8-17-9-14-11-20-15(18-14)19-7-6-13(10-19)16(3,4)5/h11-13,17H,6-10H2,1-5H3. The van der Waals surface area contributed by atoms with Gasteiger partial charge >= 0.3 is 0 Å². The molecule has 0 aromatic carbocycles. The van der Waals surface area contributed by atoms with E-state index < -0.39 is 0 Å². The van der Waals surface area contributed by atoms with Gasteiger partial charge in [-0.1, -0.05) is 34.6 Å². The molecule has 1 aliphatic rings. The van der Waals surface area contributed by atoms with Gasteiger partial charge in [-0.15, -0.1) is 11.3 Å². The lowest BCUT2D eigenvalue weighted by Crippen LogP contribution is -2.25. The molecule has 2 heterocycles. The fourth-order valence-corrected chi connectivity index (χ4v) is 3.51. The molecule has 4 heteroatoms. The number of anilines is 1. The molecule has 0 bridgehead atoms. The van der Waals surface area contributed by atoms with Crippen LogP contribution in [0.25, 0.3) is 0 Å². The quantitative estimate of drug-likeness (QED) is 0.896. The molecule has 1 aromatic heterocycles. The molecular weight excluding hydrogens is 266 g/mol. The first-order valence-electron chi connectivity index (χ1n) is 7.76. The molecule has 1 N–H and O–H groups in total. The van der Waals surface area contributed by atoms with E-state index in [1.807, 2.05) is 0 Å². The van der Waals surface area contributed by atoms with Crippen molar-refractivity contribution in [3.05, 3.63) is 11.1 Å². The third-order valence-corrected chi connectivity index (χ3v) is 5.03. The molecule has 1 atom stereocenters. The van der Waals surface area contributed by atoms with Gasteiger partial charge in [-0.25, -0.2) is 4.98 Å². The fourth-order valence-electron chi connectivity index (χ4n) is 2.65. The highest BCUT2D eigenvalue weighted by Crippen LogP contribution is 2.36. The second-order valence-corrected chi connectivity index (χ2v) is 8.28. The summed E-state index contributed by atoms with van der Waals surface area (Å²) in [5, 5.41) is 6.87. The van der Waals surface area contributed by atoms with Crippen molar-refractivity contribution in [2.75, 3.05) is 24.5 Å². The van der Waals surface area contributed by atoms with Crippen LogP contribution in [0.5, 0.6) is 0 Å². The van der Waals surface area contributed by atoms with Crippen LogP contribution in [0.3, 0.4) is 0 Å². The summed E-state index contributed by atoms with van der Waals surface area (Å²) >= 11 is 1.79. The zero-order chi connectivity index (χ0) is 14.8. The fraction of sp³-hybridized carbons (Fsp3) is 0.812. The van der Waals surface area contributed by atoms with E-state index in [2.05, 4.69) is 50.2 Å². The molecule has 1 saturated heterocycles. The van der Waals surface area contributed by atoms with Crippen molar-refractivity contribution in [3.8, 4) is 0 Å². The maximum Gasteiger partial charge on any atom is 0.185 e. The first-order chi connectivity index (χ1) is 9.36. The summed E-state index contributed by atoms with van der Waals surface area (Å²) in [6.07, 6.45) is 1.30. The van der Waals surface area contributed by atoms with Gasteiger partial charge in [0.1, 0.15) is 0 Å². The third-order valence-electron chi connectivity index (χ3n) is 4.08.